The lowest BCUT2D eigenvalue weighted by molar-refractivity contribution is 1.18. The summed E-state index contributed by atoms with van der Waals surface area (Å²) in [4.78, 5) is 2.45. The third-order valence-corrected chi connectivity index (χ3v) is 13.7. The normalized spacial score (nSPS) is 11.5. The molecule has 68 heavy (non-hydrogen) atoms. The van der Waals surface area contributed by atoms with Gasteiger partial charge in [0.25, 0.3) is 0 Å². The van der Waals surface area contributed by atoms with Crippen LogP contribution in [0.5, 0.6) is 0 Å². The number of aromatic nitrogens is 1. The molecular formula is C66H44N2. The lowest BCUT2D eigenvalue weighted by Crippen LogP contribution is -2.10. The van der Waals surface area contributed by atoms with Gasteiger partial charge in [-0.2, -0.15) is 0 Å². The minimum atomic E-state index is 1.08. The Morgan fingerprint density at radius 1 is 0.265 bits per heavy atom. The van der Waals surface area contributed by atoms with Crippen LogP contribution in [0, 0.1) is 0 Å². The van der Waals surface area contributed by atoms with Crippen molar-refractivity contribution in [3.05, 3.63) is 267 Å². The van der Waals surface area contributed by atoms with Crippen molar-refractivity contribution >= 4 is 71.2 Å². The van der Waals surface area contributed by atoms with E-state index in [4.69, 9.17) is 0 Å². The summed E-state index contributed by atoms with van der Waals surface area (Å²) in [6, 6.07) is 97.5. The highest BCUT2D eigenvalue weighted by Gasteiger charge is 2.23. The number of rotatable bonds is 8. The molecule has 0 aliphatic rings. The van der Waals surface area contributed by atoms with E-state index in [1.165, 1.54) is 87.6 Å². The fourth-order valence-electron chi connectivity index (χ4n) is 10.6. The van der Waals surface area contributed by atoms with E-state index < -0.39 is 0 Å². The molecule has 0 unspecified atom stereocenters. The highest BCUT2D eigenvalue weighted by atomic mass is 15.1. The van der Waals surface area contributed by atoms with Gasteiger partial charge in [-0.05, 0) is 137 Å². The van der Waals surface area contributed by atoms with Crippen LogP contribution in [0.3, 0.4) is 0 Å². The second-order valence-corrected chi connectivity index (χ2v) is 17.6. The molecule has 13 aromatic rings. The first-order valence-electron chi connectivity index (χ1n) is 23.4. The molecule has 2 nitrogen and oxygen atoms in total. The number of hydrogen-bond acceptors (Lipinski definition) is 1. The Hall–Kier alpha value is -8.98. The number of fused-ring (bicyclic) bond motifs is 7. The van der Waals surface area contributed by atoms with E-state index in [0.29, 0.717) is 0 Å². The summed E-state index contributed by atoms with van der Waals surface area (Å²) in [5, 5.41) is 9.87. The van der Waals surface area contributed by atoms with Crippen LogP contribution in [-0.2, 0) is 0 Å². The Kier molecular flexibility index (Phi) is 9.54. The van der Waals surface area contributed by atoms with Crippen LogP contribution >= 0.6 is 0 Å². The first-order valence-corrected chi connectivity index (χ1v) is 23.4. The average Bonchev–Trinajstić information content (AvgIpc) is 3.76. The van der Waals surface area contributed by atoms with Gasteiger partial charge in [0.2, 0.25) is 0 Å². The summed E-state index contributed by atoms with van der Waals surface area (Å²) < 4.78 is 2.43. The maximum Gasteiger partial charge on any atom is 0.0562 e. The van der Waals surface area contributed by atoms with Gasteiger partial charge in [0.05, 0.1) is 16.7 Å². The molecule has 0 aliphatic carbocycles. The van der Waals surface area contributed by atoms with Crippen molar-refractivity contribution in [2.24, 2.45) is 0 Å². The standard InChI is InChI=1S/C66H44N2/c1-4-18-45(19-5-1)51-26-16-27-54(42-51)67(62-32-17-33-63-66(62)59-30-14-15-31-61(59)68(63)55-40-36-46-20-10-11-25-50(46)43-55)53-38-34-47(35-39-53)52-37-41-57-56-28-12-13-29-58(56)64(48-21-6-2-7-22-48)65(60(57)44-52)49-23-8-3-9-24-49/h1-44H. The molecule has 0 saturated carbocycles. The first kappa shape index (κ1) is 39.4. The predicted molar refractivity (Wildman–Crippen MR) is 290 cm³/mol. The maximum absolute atomic E-state index is 2.45. The van der Waals surface area contributed by atoms with E-state index >= 15 is 0 Å². The first-order chi connectivity index (χ1) is 33.7. The second kappa shape index (κ2) is 16.5. The summed E-state index contributed by atoms with van der Waals surface area (Å²) in [6.45, 7) is 0. The van der Waals surface area contributed by atoms with Crippen LogP contribution < -0.4 is 4.90 Å². The molecule has 12 aromatic carbocycles. The fourth-order valence-corrected chi connectivity index (χ4v) is 10.6. The third-order valence-electron chi connectivity index (χ3n) is 13.7. The van der Waals surface area contributed by atoms with Crippen LogP contribution in [0.25, 0.3) is 104 Å². The van der Waals surface area contributed by atoms with E-state index in [-0.39, 0.29) is 0 Å². The Morgan fingerprint density at radius 3 is 1.54 bits per heavy atom. The molecule has 0 atom stereocenters. The molecule has 0 radical (unpaired) electrons. The molecule has 1 heterocycles. The Morgan fingerprint density at radius 2 is 0.794 bits per heavy atom. The second-order valence-electron chi connectivity index (χ2n) is 17.6. The largest absolute Gasteiger partial charge is 0.310 e. The van der Waals surface area contributed by atoms with Gasteiger partial charge in [-0.15, -0.1) is 0 Å². The van der Waals surface area contributed by atoms with Crippen LogP contribution in [0.2, 0.25) is 0 Å². The topological polar surface area (TPSA) is 8.17 Å². The minimum Gasteiger partial charge on any atom is -0.310 e. The van der Waals surface area contributed by atoms with Crippen molar-refractivity contribution in [3.63, 3.8) is 0 Å². The summed E-state index contributed by atoms with van der Waals surface area (Å²) in [7, 11) is 0. The molecule has 0 N–H and O–H groups in total. The van der Waals surface area contributed by atoms with Crippen molar-refractivity contribution in [2.45, 2.75) is 0 Å². The SMILES string of the molecule is c1ccc(-c2cccc(N(c3ccc(-c4ccc5c(c4)c(-c4ccccc4)c(-c4ccccc4)c4ccccc45)cc3)c3cccc4c3c3ccccc3n4-c3ccc4ccccc4c3)c2)cc1. The minimum absolute atomic E-state index is 1.08. The number of hydrogen-bond donors (Lipinski definition) is 0. The van der Waals surface area contributed by atoms with Crippen molar-refractivity contribution in [1.82, 2.24) is 4.57 Å². The van der Waals surface area contributed by atoms with Crippen molar-refractivity contribution < 1.29 is 0 Å². The molecule has 0 spiro atoms. The Labute approximate surface area is 395 Å². The zero-order chi connectivity index (χ0) is 45.0. The quantitative estimate of drug-likeness (QED) is 0.138. The summed E-state index contributed by atoms with van der Waals surface area (Å²) in [5.41, 5.74) is 16.4. The van der Waals surface area contributed by atoms with Gasteiger partial charge in [-0.1, -0.05) is 206 Å². The maximum atomic E-state index is 2.45. The summed E-state index contributed by atoms with van der Waals surface area (Å²) in [6.07, 6.45) is 0. The molecule has 1 aromatic heterocycles. The number of nitrogens with zero attached hydrogens (tertiary/aromatic N) is 2. The summed E-state index contributed by atoms with van der Waals surface area (Å²) >= 11 is 0. The smallest absolute Gasteiger partial charge is 0.0562 e. The molecule has 0 fully saturated rings. The van der Waals surface area contributed by atoms with Gasteiger partial charge in [0.15, 0.2) is 0 Å². The highest BCUT2D eigenvalue weighted by Crippen LogP contribution is 2.47. The third kappa shape index (κ3) is 6.65. The van der Waals surface area contributed by atoms with E-state index in [2.05, 4.69) is 276 Å². The average molecular weight is 865 g/mol. The van der Waals surface area contributed by atoms with Gasteiger partial charge >= 0.3 is 0 Å². The van der Waals surface area contributed by atoms with E-state index in [1.807, 2.05) is 0 Å². The van der Waals surface area contributed by atoms with Crippen LogP contribution in [0.1, 0.15) is 0 Å². The van der Waals surface area contributed by atoms with Crippen LogP contribution in [0.4, 0.5) is 17.1 Å². The van der Waals surface area contributed by atoms with Crippen molar-refractivity contribution in [1.29, 1.82) is 0 Å². The van der Waals surface area contributed by atoms with Gasteiger partial charge in [0, 0.05) is 27.8 Å². The lowest BCUT2D eigenvalue weighted by Gasteiger charge is -2.27. The monoisotopic (exact) mass is 864 g/mol. The molecule has 0 amide bonds. The zero-order valence-corrected chi connectivity index (χ0v) is 37.3. The summed E-state index contributed by atoms with van der Waals surface area (Å²) in [5.74, 6) is 0. The lowest BCUT2D eigenvalue weighted by atomic mass is 9.84. The molecule has 13 rings (SSSR count). The van der Waals surface area contributed by atoms with E-state index in [0.717, 1.165) is 33.8 Å². The van der Waals surface area contributed by atoms with E-state index in [1.54, 1.807) is 0 Å². The number of benzene rings is 12. The predicted octanol–water partition coefficient (Wildman–Crippen LogP) is 18.4. The molecule has 0 aliphatic heterocycles. The fraction of sp³-hybridized carbons (Fsp3) is 0. The molecule has 318 valence electrons. The molecule has 0 saturated heterocycles. The molecule has 2 heteroatoms. The van der Waals surface area contributed by atoms with Gasteiger partial charge in [0.1, 0.15) is 0 Å². The molecular weight excluding hydrogens is 821 g/mol. The molecule has 0 bridgehead atoms. The van der Waals surface area contributed by atoms with Gasteiger partial charge in [-0.25, -0.2) is 0 Å². The van der Waals surface area contributed by atoms with Crippen LogP contribution in [0.15, 0.2) is 267 Å². The van der Waals surface area contributed by atoms with Crippen molar-refractivity contribution in [2.75, 3.05) is 4.90 Å². The van der Waals surface area contributed by atoms with Crippen LogP contribution in [-0.4, -0.2) is 4.57 Å². The zero-order valence-electron chi connectivity index (χ0n) is 37.3. The van der Waals surface area contributed by atoms with E-state index in [9.17, 15) is 0 Å². The number of para-hydroxylation sites is 1. The van der Waals surface area contributed by atoms with Gasteiger partial charge in [-0.3, -0.25) is 0 Å². The number of anilines is 3. The van der Waals surface area contributed by atoms with Gasteiger partial charge < -0.3 is 9.47 Å². The van der Waals surface area contributed by atoms with Crippen molar-refractivity contribution in [3.8, 4) is 50.2 Å². The highest BCUT2D eigenvalue weighted by molar-refractivity contribution is 6.22. The Balaban J connectivity index is 1.00. The Bertz CT molecular complexity index is 4000.